The van der Waals surface area contributed by atoms with Gasteiger partial charge in [-0.25, -0.2) is 8.78 Å². The highest BCUT2D eigenvalue weighted by Gasteiger charge is 2.41. The minimum absolute atomic E-state index is 0.00759. The van der Waals surface area contributed by atoms with Crippen molar-refractivity contribution in [3.8, 4) is 5.75 Å². The summed E-state index contributed by atoms with van der Waals surface area (Å²) in [5.41, 5.74) is -0.632. The predicted octanol–water partition coefficient (Wildman–Crippen LogP) is 4.60. The number of halogens is 4. The van der Waals surface area contributed by atoms with Gasteiger partial charge in [0.1, 0.15) is 5.75 Å². The molecule has 0 aliphatic heterocycles. The van der Waals surface area contributed by atoms with Gasteiger partial charge in [0.05, 0.1) is 22.4 Å². The lowest BCUT2D eigenvalue weighted by atomic mass is 10.2. The van der Waals surface area contributed by atoms with Gasteiger partial charge in [-0.1, -0.05) is 18.2 Å². The Bertz CT molecular complexity index is 837. The fourth-order valence-electron chi connectivity index (χ4n) is 1.95. The summed E-state index contributed by atoms with van der Waals surface area (Å²) < 4.78 is 55.0. The first-order chi connectivity index (χ1) is 13.2. The van der Waals surface area contributed by atoms with Crippen molar-refractivity contribution in [1.29, 1.82) is 0 Å². The summed E-state index contributed by atoms with van der Waals surface area (Å²) in [6.07, 6.45) is -3.94. The molecule has 0 saturated heterocycles. The lowest BCUT2D eigenvalue weighted by molar-refractivity contribution is -0.384. The number of nitro groups is 1. The quantitative estimate of drug-likeness (QED) is 0.279. The molecule has 11 heteroatoms. The van der Waals surface area contributed by atoms with Gasteiger partial charge in [-0.3, -0.25) is 14.9 Å². The molecule has 0 saturated carbocycles. The summed E-state index contributed by atoms with van der Waals surface area (Å²) in [6.45, 7) is -1.66. The van der Waals surface area contributed by atoms with Crippen LogP contribution in [0.2, 0.25) is 0 Å². The molecule has 2 aromatic rings. The van der Waals surface area contributed by atoms with E-state index in [9.17, 15) is 32.5 Å². The highest BCUT2D eigenvalue weighted by atomic mass is 32.2. The average Bonchev–Trinajstić information content (AvgIpc) is 2.65. The number of nitrogens with zero attached hydrogens (tertiary/aromatic N) is 1. The van der Waals surface area contributed by atoms with E-state index in [1.807, 2.05) is 6.07 Å². The van der Waals surface area contributed by atoms with E-state index in [0.29, 0.717) is 0 Å². The van der Waals surface area contributed by atoms with E-state index in [1.54, 1.807) is 24.3 Å². The van der Waals surface area contributed by atoms with E-state index in [-0.39, 0.29) is 11.4 Å². The first-order valence-electron chi connectivity index (χ1n) is 7.73. The zero-order valence-electron chi connectivity index (χ0n) is 14.1. The number of benzene rings is 2. The number of alkyl halides is 4. The third-order valence-electron chi connectivity index (χ3n) is 3.25. The van der Waals surface area contributed by atoms with Gasteiger partial charge in [-0.2, -0.15) is 8.78 Å². The van der Waals surface area contributed by atoms with Crippen LogP contribution in [-0.2, 0) is 4.79 Å². The van der Waals surface area contributed by atoms with Gasteiger partial charge in [0.25, 0.3) is 5.69 Å². The number of carbonyl (C=O) groups is 1. The number of hydrogen-bond acceptors (Lipinski definition) is 5. The molecule has 0 fully saturated rings. The summed E-state index contributed by atoms with van der Waals surface area (Å²) >= 11 is 1.22. The zero-order valence-corrected chi connectivity index (χ0v) is 14.9. The molecule has 6 nitrogen and oxygen atoms in total. The second-order valence-electron chi connectivity index (χ2n) is 5.47. The molecule has 0 aliphatic carbocycles. The van der Waals surface area contributed by atoms with E-state index in [0.717, 1.165) is 23.1 Å². The van der Waals surface area contributed by atoms with Gasteiger partial charge in [-0.15, -0.1) is 11.8 Å². The predicted molar refractivity (Wildman–Crippen MR) is 95.3 cm³/mol. The Hall–Kier alpha value is -2.82. The molecule has 0 aromatic heterocycles. The van der Waals surface area contributed by atoms with Crippen LogP contribution in [-0.4, -0.2) is 35.5 Å². The molecule has 2 rings (SSSR count). The van der Waals surface area contributed by atoms with Crippen LogP contribution < -0.4 is 10.1 Å². The Labute approximate surface area is 161 Å². The molecule has 0 heterocycles. The molecule has 0 unspecified atom stereocenters. The number of anilines is 1. The summed E-state index contributed by atoms with van der Waals surface area (Å²) in [5.74, 6) is -5.37. The highest BCUT2D eigenvalue weighted by molar-refractivity contribution is 8.00. The third-order valence-corrected chi connectivity index (χ3v) is 4.26. The summed E-state index contributed by atoms with van der Waals surface area (Å²) in [6, 6.07) is 11.8. The highest BCUT2D eigenvalue weighted by Crippen LogP contribution is 2.29. The second-order valence-corrected chi connectivity index (χ2v) is 6.52. The maximum absolute atomic E-state index is 13.0. The molecule has 0 atom stereocenters. The number of hydrogen-bond donors (Lipinski definition) is 1. The van der Waals surface area contributed by atoms with Crippen molar-refractivity contribution >= 4 is 29.0 Å². The minimum Gasteiger partial charge on any atom is -0.487 e. The van der Waals surface area contributed by atoms with Crippen molar-refractivity contribution in [1.82, 2.24) is 0 Å². The van der Waals surface area contributed by atoms with Crippen molar-refractivity contribution in [2.45, 2.75) is 17.2 Å². The van der Waals surface area contributed by atoms with E-state index in [1.165, 1.54) is 11.8 Å². The molecule has 28 heavy (non-hydrogen) atoms. The molecular weight excluding hydrogens is 404 g/mol. The monoisotopic (exact) mass is 418 g/mol. The largest absolute Gasteiger partial charge is 0.487 e. The lowest BCUT2D eigenvalue weighted by Gasteiger charge is -2.16. The van der Waals surface area contributed by atoms with Crippen molar-refractivity contribution in [2.24, 2.45) is 0 Å². The van der Waals surface area contributed by atoms with Crippen LogP contribution in [0.15, 0.2) is 53.4 Å². The number of nitrogens with one attached hydrogen (secondary N) is 1. The average molecular weight is 418 g/mol. The normalized spacial score (nSPS) is 11.3. The number of thioether (sulfide) groups is 1. The smallest absolute Gasteiger partial charge is 0.340 e. The van der Waals surface area contributed by atoms with Crippen LogP contribution in [0.4, 0.5) is 28.9 Å². The van der Waals surface area contributed by atoms with Crippen molar-refractivity contribution in [2.75, 3.05) is 17.7 Å². The molecule has 0 bridgehead atoms. The number of carbonyl (C=O) groups excluding carboxylic acids is 1. The van der Waals surface area contributed by atoms with Crippen molar-refractivity contribution in [3.05, 3.63) is 58.6 Å². The fourth-order valence-corrected chi connectivity index (χ4v) is 2.67. The standard InChI is InChI=1S/C17H14F4N2O4S/c18-16(19)17(20,21)10-27-13-7-11(6-12(8-13)23(25)26)22-15(24)9-28-14-4-2-1-3-5-14/h1-8,16H,9-10H2,(H,22,24). The maximum atomic E-state index is 13.0. The minimum atomic E-state index is -4.42. The van der Waals surface area contributed by atoms with Crippen LogP contribution in [0, 0.1) is 10.1 Å². The number of ether oxygens (including phenoxy) is 1. The second kappa shape index (κ2) is 9.40. The maximum Gasteiger partial charge on any atom is 0.340 e. The van der Waals surface area contributed by atoms with E-state index >= 15 is 0 Å². The lowest BCUT2D eigenvalue weighted by Crippen LogP contribution is -2.33. The van der Waals surface area contributed by atoms with Gasteiger partial charge >= 0.3 is 12.3 Å². The molecule has 1 N–H and O–H groups in total. The van der Waals surface area contributed by atoms with Gasteiger partial charge in [-0.05, 0) is 12.1 Å². The van der Waals surface area contributed by atoms with E-state index in [2.05, 4.69) is 10.1 Å². The van der Waals surface area contributed by atoms with Gasteiger partial charge in [0, 0.05) is 17.0 Å². The van der Waals surface area contributed by atoms with Crippen LogP contribution in [0.25, 0.3) is 0 Å². The van der Waals surface area contributed by atoms with Crippen molar-refractivity contribution in [3.63, 3.8) is 0 Å². The number of nitro benzene ring substituents is 1. The number of amides is 1. The Kier molecular flexibility index (Phi) is 7.21. The van der Waals surface area contributed by atoms with Crippen LogP contribution in [0.1, 0.15) is 0 Å². The van der Waals surface area contributed by atoms with Crippen LogP contribution in [0.5, 0.6) is 5.75 Å². The molecule has 2 aromatic carbocycles. The summed E-state index contributed by atoms with van der Waals surface area (Å²) in [5, 5.41) is 13.4. The Morgan fingerprint density at radius 3 is 2.50 bits per heavy atom. The Balaban J connectivity index is 2.07. The molecular formula is C17H14F4N2O4S. The van der Waals surface area contributed by atoms with Gasteiger partial charge in [0.2, 0.25) is 5.91 Å². The molecule has 1 amide bonds. The topological polar surface area (TPSA) is 81.5 Å². The SMILES string of the molecule is O=C(CSc1ccccc1)Nc1cc(OCC(F)(F)C(F)F)cc([N+](=O)[O-])c1. The Morgan fingerprint density at radius 1 is 1.21 bits per heavy atom. The van der Waals surface area contributed by atoms with Crippen LogP contribution in [0.3, 0.4) is 0 Å². The fraction of sp³-hybridized carbons (Fsp3) is 0.235. The van der Waals surface area contributed by atoms with E-state index < -0.39 is 41.2 Å². The molecule has 0 spiro atoms. The van der Waals surface area contributed by atoms with E-state index in [4.69, 9.17) is 0 Å². The summed E-state index contributed by atoms with van der Waals surface area (Å²) in [7, 11) is 0. The Morgan fingerprint density at radius 2 is 1.89 bits per heavy atom. The first-order valence-corrected chi connectivity index (χ1v) is 8.72. The van der Waals surface area contributed by atoms with Gasteiger partial charge < -0.3 is 10.1 Å². The van der Waals surface area contributed by atoms with Gasteiger partial charge in [0.15, 0.2) is 6.61 Å². The number of rotatable bonds is 9. The molecule has 0 radical (unpaired) electrons. The zero-order chi connectivity index (χ0) is 20.7. The summed E-state index contributed by atoms with van der Waals surface area (Å²) in [4.78, 5) is 23.0. The third kappa shape index (κ3) is 6.41. The van der Waals surface area contributed by atoms with Crippen molar-refractivity contribution < 1.29 is 32.0 Å². The number of non-ortho nitro benzene ring substituents is 1. The molecule has 0 aliphatic rings. The molecule has 150 valence electrons. The van der Waals surface area contributed by atoms with Crippen LogP contribution >= 0.6 is 11.8 Å². The first kappa shape index (κ1) is 21.5.